The molecule has 3 rings (SSSR count). The molecule has 144 valence electrons. The fourth-order valence-corrected chi connectivity index (χ4v) is 4.80. The Labute approximate surface area is 154 Å². The van der Waals surface area contributed by atoms with E-state index < -0.39 is 6.36 Å². The first-order chi connectivity index (χ1) is 12.4. The van der Waals surface area contributed by atoms with Crippen LogP contribution in [-0.4, -0.2) is 6.36 Å². The average molecular weight is 366 g/mol. The minimum atomic E-state index is -4.62. The zero-order chi connectivity index (χ0) is 18.6. The van der Waals surface area contributed by atoms with Crippen molar-refractivity contribution in [1.29, 1.82) is 0 Å². The molecule has 4 unspecified atom stereocenters. The van der Waals surface area contributed by atoms with Crippen LogP contribution in [0.25, 0.3) is 0 Å². The van der Waals surface area contributed by atoms with Crippen LogP contribution < -0.4 is 4.74 Å². The van der Waals surface area contributed by atoms with Crippen molar-refractivity contribution in [2.45, 2.75) is 70.6 Å². The van der Waals surface area contributed by atoms with Gasteiger partial charge in [-0.3, -0.25) is 0 Å². The van der Waals surface area contributed by atoms with E-state index in [-0.39, 0.29) is 5.75 Å². The number of halogens is 3. The summed E-state index contributed by atoms with van der Waals surface area (Å²) >= 11 is 0. The van der Waals surface area contributed by atoms with Crippen LogP contribution in [0, 0.1) is 17.8 Å². The molecule has 0 N–H and O–H groups in total. The SMILES string of the molecule is CCCC=CC1CCC2CC(c3ccc(OC(F)(F)F)cc3)CCC2C1. The number of fused-ring (bicyclic) bond motifs is 1. The van der Waals surface area contributed by atoms with Gasteiger partial charge in [0.2, 0.25) is 0 Å². The summed E-state index contributed by atoms with van der Waals surface area (Å²) < 4.78 is 40.8. The van der Waals surface area contributed by atoms with Crippen LogP contribution in [0.1, 0.15) is 69.8 Å². The summed E-state index contributed by atoms with van der Waals surface area (Å²) in [6, 6.07) is 6.52. The molecular formula is C22H29F3O. The predicted molar refractivity (Wildman–Crippen MR) is 98.1 cm³/mol. The number of hydrogen-bond acceptors (Lipinski definition) is 1. The lowest BCUT2D eigenvalue weighted by Crippen LogP contribution is -2.30. The molecule has 1 aromatic carbocycles. The molecule has 0 radical (unpaired) electrons. The van der Waals surface area contributed by atoms with Gasteiger partial charge in [0.15, 0.2) is 0 Å². The summed E-state index contributed by atoms with van der Waals surface area (Å²) in [4.78, 5) is 0. The van der Waals surface area contributed by atoms with Crippen LogP contribution >= 0.6 is 0 Å². The Morgan fingerprint density at radius 3 is 2.38 bits per heavy atom. The van der Waals surface area contributed by atoms with E-state index in [0.717, 1.165) is 29.7 Å². The highest BCUT2D eigenvalue weighted by Gasteiger charge is 2.35. The Balaban J connectivity index is 1.54. The first-order valence-electron chi connectivity index (χ1n) is 9.97. The van der Waals surface area contributed by atoms with Crippen LogP contribution in [0.4, 0.5) is 13.2 Å². The van der Waals surface area contributed by atoms with E-state index in [1.54, 1.807) is 0 Å². The second kappa shape index (κ2) is 8.49. The molecule has 0 aliphatic heterocycles. The molecular weight excluding hydrogens is 337 g/mol. The third-order valence-corrected chi connectivity index (χ3v) is 6.10. The molecule has 0 saturated heterocycles. The maximum atomic E-state index is 12.3. The molecule has 4 atom stereocenters. The second-order valence-electron chi connectivity index (χ2n) is 7.94. The Bertz CT molecular complexity index is 590. The van der Waals surface area contributed by atoms with E-state index in [1.165, 1.54) is 57.1 Å². The lowest BCUT2D eigenvalue weighted by atomic mass is 9.64. The fourth-order valence-electron chi connectivity index (χ4n) is 4.80. The summed E-state index contributed by atoms with van der Waals surface area (Å²) in [5.41, 5.74) is 1.16. The zero-order valence-electron chi connectivity index (χ0n) is 15.5. The molecule has 0 heterocycles. The number of ether oxygens (including phenoxy) is 1. The summed E-state index contributed by atoms with van der Waals surface area (Å²) in [5, 5.41) is 0. The first-order valence-corrected chi connectivity index (χ1v) is 9.97. The molecule has 0 bridgehead atoms. The van der Waals surface area contributed by atoms with E-state index in [1.807, 2.05) is 12.1 Å². The van der Waals surface area contributed by atoms with Gasteiger partial charge >= 0.3 is 6.36 Å². The zero-order valence-corrected chi connectivity index (χ0v) is 15.5. The molecule has 1 nitrogen and oxygen atoms in total. The molecule has 4 heteroatoms. The molecule has 2 fully saturated rings. The first kappa shape index (κ1) is 19.3. The van der Waals surface area contributed by atoms with E-state index in [0.29, 0.717) is 5.92 Å². The van der Waals surface area contributed by atoms with Gasteiger partial charge in [0.05, 0.1) is 0 Å². The number of hydrogen-bond donors (Lipinski definition) is 0. The van der Waals surface area contributed by atoms with Crippen molar-refractivity contribution < 1.29 is 17.9 Å². The Hall–Kier alpha value is -1.45. The van der Waals surface area contributed by atoms with Crippen LogP contribution in [0.15, 0.2) is 36.4 Å². The number of allylic oxidation sites excluding steroid dienone is 2. The highest BCUT2D eigenvalue weighted by molar-refractivity contribution is 5.30. The van der Waals surface area contributed by atoms with Crippen molar-refractivity contribution in [2.75, 3.05) is 0 Å². The van der Waals surface area contributed by atoms with Crippen molar-refractivity contribution in [3.8, 4) is 5.75 Å². The van der Waals surface area contributed by atoms with Gasteiger partial charge in [-0.1, -0.05) is 37.6 Å². The number of unbranched alkanes of at least 4 members (excludes halogenated alkanes) is 1. The van der Waals surface area contributed by atoms with Gasteiger partial charge in [-0.05, 0) is 86.3 Å². The van der Waals surface area contributed by atoms with Gasteiger partial charge in [-0.2, -0.15) is 0 Å². The second-order valence-corrected chi connectivity index (χ2v) is 7.94. The van der Waals surface area contributed by atoms with Crippen LogP contribution in [0.3, 0.4) is 0 Å². The Morgan fingerprint density at radius 1 is 1.00 bits per heavy atom. The molecule has 2 aliphatic carbocycles. The van der Waals surface area contributed by atoms with Gasteiger partial charge in [-0.15, -0.1) is 13.2 Å². The third-order valence-electron chi connectivity index (χ3n) is 6.10. The molecule has 1 aromatic rings. The monoisotopic (exact) mass is 366 g/mol. The third kappa shape index (κ3) is 5.28. The standard InChI is InChI=1S/C22H29F3O/c1-2-3-4-5-16-6-7-20-15-19(9-8-18(20)14-16)17-10-12-21(13-11-17)26-22(23,24)25/h4-5,10-13,16,18-20H,2-3,6-9,14-15H2,1H3. The van der Waals surface area contributed by atoms with E-state index in [9.17, 15) is 13.2 Å². The maximum absolute atomic E-state index is 12.3. The van der Waals surface area contributed by atoms with Gasteiger partial charge in [0.25, 0.3) is 0 Å². The van der Waals surface area contributed by atoms with Gasteiger partial charge in [0, 0.05) is 0 Å². The Kier molecular flexibility index (Phi) is 6.31. The highest BCUT2D eigenvalue weighted by Crippen LogP contribution is 2.48. The average Bonchev–Trinajstić information content (AvgIpc) is 2.61. The minimum Gasteiger partial charge on any atom is -0.406 e. The predicted octanol–water partition coefficient (Wildman–Crippen LogP) is 7.24. The quantitative estimate of drug-likeness (QED) is 0.499. The number of rotatable bonds is 5. The van der Waals surface area contributed by atoms with Crippen molar-refractivity contribution >= 4 is 0 Å². The number of benzene rings is 1. The van der Waals surface area contributed by atoms with Gasteiger partial charge in [0.1, 0.15) is 5.75 Å². The summed E-state index contributed by atoms with van der Waals surface area (Å²) in [7, 11) is 0. The normalized spacial score (nSPS) is 29.5. The van der Waals surface area contributed by atoms with Crippen molar-refractivity contribution in [2.24, 2.45) is 17.8 Å². The van der Waals surface area contributed by atoms with Gasteiger partial charge < -0.3 is 4.74 Å². The van der Waals surface area contributed by atoms with Crippen molar-refractivity contribution in [3.63, 3.8) is 0 Å². The molecule has 0 spiro atoms. The lowest BCUT2D eigenvalue weighted by molar-refractivity contribution is -0.274. The smallest absolute Gasteiger partial charge is 0.406 e. The summed E-state index contributed by atoms with van der Waals surface area (Å²) in [5.74, 6) is 2.69. The van der Waals surface area contributed by atoms with E-state index in [4.69, 9.17) is 0 Å². The van der Waals surface area contributed by atoms with Crippen LogP contribution in [0.5, 0.6) is 5.75 Å². The Morgan fingerprint density at radius 2 is 1.69 bits per heavy atom. The fraction of sp³-hybridized carbons (Fsp3) is 0.636. The number of alkyl halides is 3. The van der Waals surface area contributed by atoms with E-state index >= 15 is 0 Å². The lowest BCUT2D eigenvalue weighted by Gasteiger charge is -2.41. The van der Waals surface area contributed by atoms with Crippen LogP contribution in [0.2, 0.25) is 0 Å². The maximum Gasteiger partial charge on any atom is 0.573 e. The largest absolute Gasteiger partial charge is 0.573 e. The van der Waals surface area contributed by atoms with Crippen molar-refractivity contribution in [1.82, 2.24) is 0 Å². The van der Waals surface area contributed by atoms with Crippen molar-refractivity contribution in [3.05, 3.63) is 42.0 Å². The molecule has 2 aliphatic rings. The van der Waals surface area contributed by atoms with Gasteiger partial charge in [-0.25, -0.2) is 0 Å². The minimum absolute atomic E-state index is 0.130. The van der Waals surface area contributed by atoms with Crippen LogP contribution in [-0.2, 0) is 0 Å². The summed E-state index contributed by atoms with van der Waals surface area (Å²) in [6.07, 6.45) is 10.0. The molecule has 2 saturated carbocycles. The topological polar surface area (TPSA) is 9.23 Å². The molecule has 26 heavy (non-hydrogen) atoms. The summed E-state index contributed by atoms with van der Waals surface area (Å²) in [6.45, 7) is 2.21. The molecule has 0 aromatic heterocycles. The molecule has 0 amide bonds. The van der Waals surface area contributed by atoms with E-state index in [2.05, 4.69) is 23.8 Å². The highest BCUT2D eigenvalue weighted by atomic mass is 19.4.